The Balaban J connectivity index is 0.00000112. The molecule has 1 aliphatic heterocycles. The van der Waals surface area contributed by atoms with Crippen LogP contribution in [-0.4, -0.2) is 6.54 Å². The van der Waals surface area contributed by atoms with Crippen molar-refractivity contribution < 1.29 is 17.6 Å². The molecule has 84 valence electrons. The Kier molecular flexibility index (Phi) is 3.57. The number of benzene rings is 1. The molecule has 1 N–H and O–H groups in total. The first-order valence-electron chi connectivity index (χ1n) is 4.17. The monoisotopic (exact) mass is 241 g/mol. The first-order valence-corrected chi connectivity index (χ1v) is 4.17. The van der Waals surface area contributed by atoms with E-state index in [1.807, 2.05) is 0 Å². The molecule has 0 saturated carbocycles. The van der Waals surface area contributed by atoms with Crippen molar-refractivity contribution in [3.8, 4) is 0 Å². The third-order valence-corrected chi connectivity index (χ3v) is 2.32. The second kappa shape index (κ2) is 4.37. The van der Waals surface area contributed by atoms with E-state index in [1.165, 1.54) is 0 Å². The van der Waals surface area contributed by atoms with Gasteiger partial charge in [0.1, 0.15) is 0 Å². The normalized spacial score (nSPS) is 19.3. The molecular weight excluding hydrogens is 234 g/mol. The van der Waals surface area contributed by atoms with Crippen LogP contribution in [-0.2, 0) is 0 Å². The van der Waals surface area contributed by atoms with E-state index in [0.29, 0.717) is 13.0 Å². The lowest BCUT2D eigenvalue weighted by Crippen LogP contribution is -2.36. The molecule has 0 radical (unpaired) electrons. The molecule has 2 rings (SSSR count). The molecule has 1 heterocycles. The van der Waals surface area contributed by atoms with Crippen LogP contribution in [0.3, 0.4) is 0 Å². The molecule has 0 amide bonds. The van der Waals surface area contributed by atoms with Crippen molar-refractivity contribution in [3.05, 3.63) is 34.9 Å². The third kappa shape index (κ3) is 1.94. The van der Waals surface area contributed by atoms with Crippen LogP contribution < -0.4 is 5.32 Å². The van der Waals surface area contributed by atoms with Crippen LogP contribution in [0.25, 0.3) is 0 Å². The Morgan fingerprint density at radius 1 is 1.07 bits per heavy atom. The van der Waals surface area contributed by atoms with Gasteiger partial charge in [0.2, 0.25) is 0 Å². The SMILES string of the molecule is Cl.Fc1cc(F)c(F)c([C@@H]2CCN2)c1F. The molecule has 1 nitrogen and oxygen atoms in total. The molecule has 0 spiro atoms. The molecule has 0 unspecified atom stereocenters. The summed E-state index contributed by atoms with van der Waals surface area (Å²) in [4.78, 5) is 0. The molecule has 1 fully saturated rings. The number of halogens is 5. The summed E-state index contributed by atoms with van der Waals surface area (Å²) in [5, 5.41) is 2.68. The smallest absolute Gasteiger partial charge is 0.166 e. The molecule has 0 aromatic heterocycles. The zero-order valence-corrected chi connectivity index (χ0v) is 8.31. The van der Waals surface area contributed by atoms with E-state index in [9.17, 15) is 17.6 Å². The van der Waals surface area contributed by atoms with Gasteiger partial charge < -0.3 is 5.32 Å². The van der Waals surface area contributed by atoms with Gasteiger partial charge in [-0.25, -0.2) is 17.6 Å². The number of rotatable bonds is 1. The highest BCUT2D eigenvalue weighted by atomic mass is 35.5. The summed E-state index contributed by atoms with van der Waals surface area (Å²) in [5.74, 6) is -5.32. The lowest BCUT2D eigenvalue weighted by Gasteiger charge is -2.28. The minimum absolute atomic E-state index is 0. The summed E-state index contributed by atoms with van der Waals surface area (Å²) < 4.78 is 51.6. The maximum absolute atomic E-state index is 13.1. The van der Waals surface area contributed by atoms with Crippen molar-refractivity contribution in [1.82, 2.24) is 5.32 Å². The van der Waals surface area contributed by atoms with Crippen LogP contribution in [0, 0.1) is 23.3 Å². The number of hydrogen-bond donors (Lipinski definition) is 1. The maximum atomic E-state index is 13.1. The Bertz CT molecular complexity index is 353. The average Bonchev–Trinajstić information content (AvgIpc) is 2.06. The summed E-state index contributed by atoms with van der Waals surface area (Å²) >= 11 is 0. The van der Waals surface area contributed by atoms with Crippen LogP contribution >= 0.6 is 12.4 Å². The fraction of sp³-hybridized carbons (Fsp3) is 0.333. The van der Waals surface area contributed by atoms with Crippen LogP contribution in [0.5, 0.6) is 0 Å². The molecule has 0 bridgehead atoms. The molecule has 1 aromatic rings. The lowest BCUT2D eigenvalue weighted by atomic mass is 9.96. The van der Waals surface area contributed by atoms with Gasteiger partial charge in [-0.3, -0.25) is 0 Å². The van der Waals surface area contributed by atoms with Crippen molar-refractivity contribution in [2.45, 2.75) is 12.5 Å². The van der Waals surface area contributed by atoms with E-state index in [0.717, 1.165) is 0 Å². The standard InChI is InChI=1S/C9H7F4N.ClH/c10-4-3-5(11)9(13)7(8(4)12)6-1-2-14-6;/h3,6,14H,1-2H2;1H/t6-;/m0./s1. The zero-order chi connectivity index (χ0) is 10.3. The van der Waals surface area contributed by atoms with E-state index < -0.39 is 34.9 Å². The van der Waals surface area contributed by atoms with Crippen LogP contribution in [0.4, 0.5) is 17.6 Å². The molecule has 1 saturated heterocycles. The molecule has 1 atom stereocenters. The van der Waals surface area contributed by atoms with Gasteiger partial charge in [0.15, 0.2) is 23.3 Å². The third-order valence-electron chi connectivity index (χ3n) is 2.32. The topological polar surface area (TPSA) is 12.0 Å². The van der Waals surface area contributed by atoms with Gasteiger partial charge in [-0.15, -0.1) is 12.4 Å². The molecule has 1 aromatic carbocycles. The lowest BCUT2D eigenvalue weighted by molar-refractivity contribution is 0.338. The molecule has 15 heavy (non-hydrogen) atoms. The first-order chi connectivity index (χ1) is 6.61. The van der Waals surface area contributed by atoms with Gasteiger partial charge in [0, 0.05) is 17.7 Å². The molecule has 1 aliphatic rings. The van der Waals surface area contributed by atoms with E-state index in [1.54, 1.807) is 0 Å². The Morgan fingerprint density at radius 2 is 1.53 bits per heavy atom. The predicted octanol–water partition coefficient (Wildman–Crippen LogP) is 2.70. The minimum atomic E-state index is -1.35. The first kappa shape index (κ1) is 12.3. The Morgan fingerprint density at radius 3 is 1.87 bits per heavy atom. The summed E-state index contributed by atoms with van der Waals surface area (Å²) in [7, 11) is 0. The average molecular weight is 242 g/mol. The summed E-state index contributed by atoms with van der Waals surface area (Å²) in [6.07, 6.45) is 0.483. The van der Waals surface area contributed by atoms with Crippen molar-refractivity contribution in [2.24, 2.45) is 0 Å². The Labute approximate surface area is 89.9 Å². The molecule has 0 aliphatic carbocycles. The van der Waals surface area contributed by atoms with E-state index >= 15 is 0 Å². The number of nitrogens with one attached hydrogen (secondary N) is 1. The van der Waals surface area contributed by atoms with Gasteiger partial charge in [0.05, 0.1) is 0 Å². The van der Waals surface area contributed by atoms with E-state index in [-0.39, 0.29) is 18.5 Å². The summed E-state index contributed by atoms with van der Waals surface area (Å²) in [5.41, 5.74) is -0.534. The fourth-order valence-electron chi connectivity index (χ4n) is 1.43. The van der Waals surface area contributed by atoms with E-state index in [2.05, 4.69) is 5.32 Å². The van der Waals surface area contributed by atoms with Crippen molar-refractivity contribution >= 4 is 12.4 Å². The largest absolute Gasteiger partial charge is 0.310 e. The van der Waals surface area contributed by atoms with Gasteiger partial charge in [-0.1, -0.05) is 0 Å². The summed E-state index contributed by atoms with van der Waals surface area (Å²) in [6.45, 7) is 0.599. The highest BCUT2D eigenvalue weighted by molar-refractivity contribution is 5.85. The van der Waals surface area contributed by atoms with Crippen molar-refractivity contribution in [1.29, 1.82) is 0 Å². The number of hydrogen-bond acceptors (Lipinski definition) is 1. The molecule has 6 heteroatoms. The highest BCUT2D eigenvalue weighted by Crippen LogP contribution is 2.30. The fourth-order valence-corrected chi connectivity index (χ4v) is 1.43. The van der Waals surface area contributed by atoms with Gasteiger partial charge in [-0.05, 0) is 13.0 Å². The van der Waals surface area contributed by atoms with Gasteiger partial charge >= 0.3 is 0 Å². The van der Waals surface area contributed by atoms with Gasteiger partial charge in [-0.2, -0.15) is 0 Å². The molecular formula is C9H8ClF4N. The zero-order valence-electron chi connectivity index (χ0n) is 7.49. The second-order valence-electron chi connectivity index (χ2n) is 3.18. The second-order valence-corrected chi connectivity index (χ2v) is 3.18. The van der Waals surface area contributed by atoms with Crippen molar-refractivity contribution in [2.75, 3.05) is 6.54 Å². The van der Waals surface area contributed by atoms with Crippen molar-refractivity contribution in [3.63, 3.8) is 0 Å². The highest BCUT2D eigenvalue weighted by Gasteiger charge is 2.29. The van der Waals surface area contributed by atoms with Gasteiger partial charge in [0.25, 0.3) is 0 Å². The maximum Gasteiger partial charge on any atom is 0.166 e. The predicted molar refractivity (Wildman–Crippen MR) is 48.9 cm³/mol. The Hall–Kier alpha value is -0.810. The van der Waals surface area contributed by atoms with Crippen LogP contribution in [0.1, 0.15) is 18.0 Å². The van der Waals surface area contributed by atoms with E-state index in [4.69, 9.17) is 0 Å². The quantitative estimate of drug-likeness (QED) is 0.589. The minimum Gasteiger partial charge on any atom is -0.310 e. The van der Waals surface area contributed by atoms with Crippen LogP contribution in [0.15, 0.2) is 6.07 Å². The summed E-state index contributed by atoms with van der Waals surface area (Å²) in [6, 6.07) is -0.396. The van der Waals surface area contributed by atoms with Crippen LogP contribution in [0.2, 0.25) is 0 Å².